The van der Waals surface area contributed by atoms with E-state index in [0.717, 1.165) is 38.9 Å². The Hall–Kier alpha value is -0.370. The maximum Gasteiger partial charge on any atom is 0.132 e. The molecule has 0 aliphatic rings. The minimum Gasteiger partial charge on any atom is -0.381 e. The van der Waals surface area contributed by atoms with Crippen LogP contribution in [0.1, 0.15) is 129 Å². The molecule has 0 fully saturated rings. The minimum atomic E-state index is 0.430. The van der Waals surface area contributed by atoms with Crippen LogP contribution in [0.25, 0.3) is 0 Å². The molecule has 0 heterocycles. The van der Waals surface area contributed by atoms with Gasteiger partial charge in [-0.25, -0.2) is 0 Å². The first kappa shape index (κ1) is 24.6. The Labute approximate surface area is 158 Å². The first-order valence-corrected chi connectivity index (χ1v) is 11.4. The molecule has 0 aliphatic heterocycles. The summed E-state index contributed by atoms with van der Waals surface area (Å²) in [4.78, 5) is 11.7. The van der Waals surface area contributed by atoms with Crippen molar-refractivity contribution >= 4 is 5.78 Å². The van der Waals surface area contributed by atoms with Gasteiger partial charge in [-0.3, -0.25) is 4.79 Å². The van der Waals surface area contributed by atoms with E-state index in [9.17, 15) is 4.79 Å². The number of hydrogen-bond donors (Lipinski definition) is 0. The van der Waals surface area contributed by atoms with E-state index in [0.29, 0.717) is 12.2 Å². The fourth-order valence-corrected chi connectivity index (χ4v) is 3.26. The second kappa shape index (κ2) is 21.7. The monoisotopic (exact) mass is 354 g/mol. The summed E-state index contributed by atoms with van der Waals surface area (Å²) in [5.74, 6) is 0.430. The Morgan fingerprint density at radius 1 is 0.520 bits per heavy atom. The minimum absolute atomic E-state index is 0.430. The Kier molecular flexibility index (Phi) is 21.4. The predicted octanol–water partition coefficient (Wildman–Crippen LogP) is 7.63. The number of carbonyl (C=O) groups excluding carboxylic acids is 1. The van der Waals surface area contributed by atoms with E-state index in [1.165, 1.54) is 83.5 Å². The molecule has 0 aromatic heterocycles. The van der Waals surface area contributed by atoms with Crippen LogP contribution >= 0.6 is 0 Å². The van der Waals surface area contributed by atoms with Gasteiger partial charge in [0.25, 0.3) is 0 Å². The summed E-state index contributed by atoms with van der Waals surface area (Å²) in [5.41, 5.74) is 0. The van der Waals surface area contributed by atoms with Gasteiger partial charge in [-0.05, 0) is 19.3 Å². The fraction of sp³-hybridized carbons (Fsp3) is 0.957. The van der Waals surface area contributed by atoms with Gasteiger partial charge in [-0.1, -0.05) is 97.3 Å². The van der Waals surface area contributed by atoms with Crippen LogP contribution in [0, 0.1) is 0 Å². The zero-order valence-electron chi connectivity index (χ0n) is 17.5. The quantitative estimate of drug-likeness (QED) is 0.198. The van der Waals surface area contributed by atoms with Gasteiger partial charge in [-0.15, -0.1) is 0 Å². The van der Waals surface area contributed by atoms with Gasteiger partial charge in [-0.2, -0.15) is 0 Å². The molecule has 0 aromatic rings. The van der Waals surface area contributed by atoms with Gasteiger partial charge >= 0.3 is 0 Å². The topological polar surface area (TPSA) is 26.3 Å². The van der Waals surface area contributed by atoms with Gasteiger partial charge in [0.1, 0.15) is 5.78 Å². The number of ketones is 1. The van der Waals surface area contributed by atoms with Gasteiger partial charge < -0.3 is 4.74 Å². The summed E-state index contributed by atoms with van der Waals surface area (Å²) in [6.07, 6.45) is 22.6. The lowest BCUT2D eigenvalue weighted by Crippen LogP contribution is -2.02. The number of Topliss-reactive ketones (excluding diaryl/α,β-unsaturated/α-hetero) is 1. The summed E-state index contributed by atoms with van der Waals surface area (Å²) in [5, 5.41) is 0. The largest absolute Gasteiger partial charge is 0.381 e. The maximum absolute atomic E-state index is 11.7. The van der Waals surface area contributed by atoms with Crippen LogP contribution in [0.2, 0.25) is 0 Å². The highest BCUT2D eigenvalue weighted by Crippen LogP contribution is 2.13. The van der Waals surface area contributed by atoms with Crippen molar-refractivity contribution < 1.29 is 9.53 Å². The van der Waals surface area contributed by atoms with Gasteiger partial charge in [0.05, 0.1) is 0 Å². The van der Waals surface area contributed by atoms with Crippen LogP contribution in [0.5, 0.6) is 0 Å². The number of ether oxygens (including phenoxy) is 1. The molecule has 150 valence electrons. The summed E-state index contributed by atoms with van der Waals surface area (Å²) in [6.45, 7) is 5.97. The first-order chi connectivity index (χ1) is 12.3. The van der Waals surface area contributed by atoms with E-state index >= 15 is 0 Å². The fourth-order valence-electron chi connectivity index (χ4n) is 3.26. The van der Waals surface area contributed by atoms with Crippen molar-refractivity contribution in [2.24, 2.45) is 0 Å². The zero-order valence-corrected chi connectivity index (χ0v) is 17.5. The van der Waals surface area contributed by atoms with E-state index in [-0.39, 0.29) is 0 Å². The third kappa shape index (κ3) is 21.6. The summed E-state index contributed by atoms with van der Waals surface area (Å²) in [7, 11) is 0. The lowest BCUT2D eigenvalue weighted by Gasteiger charge is -2.04. The number of rotatable bonds is 21. The van der Waals surface area contributed by atoms with E-state index < -0.39 is 0 Å². The van der Waals surface area contributed by atoms with Crippen LogP contribution in [-0.4, -0.2) is 19.0 Å². The van der Waals surface area contributed by atoms with Crippen molar-refractivity contribution in [1.82, 2.24) is 0 Å². The van der Waals surface area contributed by atoms with E-state index in [2.05, 4.69) is 13.8 Å². The normalized spacial score (nSPS) is 11.1. The average molecular weight is 355 g/mol. The van der Waals surface area contributed by atoms with E-state index in [4.69, 9.17) is 4.74 Å². The standard InChI is InChI=1S/C23H46O2/c1-3-5-6-7-8-9-10-11-12-13-14-15-16-17-19-23(24)20-18-22-25-21-4-2/h3-22H2,1-2H3. The highest BCUT2D eigenvalue weighted by molar-refractivity contribution is 5.78. The van der Waals surface area contributed by atoms with Crippen LogP contribution in [0.15, 0.2) is 0 Å². The van der Waals surface area contributed by atoms with Crippen molar-refractivity contribution in [1.29, 1.82) is 0 Å². The molecule has 0 N–H and O–H groups in total. The molecular formula is C23H46O2. The smallest absolute Gasteiger partial charge is 0.132 e. The molecule has 0 spiro atoms. The molecule has 0 aliphatic carbocycles. The highest BCUT2D eigenvalue weighted by Gasteiger charge is 2.02. The highest BCUT2D eigenvalue weighted by atomic mass is 16.5. The Balaban J connectivity index is 3.09. The first-order valence-electron chi connectivity index (χ1n) is 11.4. The van der Waals surface area contributed by atoms with Gasteiger partial charge in [0, 0.05) is 26.1 Å². The Bertz CT molecular complexity index is 263. The molecule has 0 rings (SSSR count). The molecule has 0 saturated heterocycles. The maximum atomic E-state index is 11.7. The van der Waals surface area contributed by atoms with Crippen LogP contribution < -0.4 is 0 Å². The number of hydrogen-bond acceptors (Lipinski definition) is 2. The van der Waals surface area contributed by atoms with Crippen LogP contribution in [-0.2, 0) is 9.53 Å². The third-order valence-corrected chi connectivity index (χ3v) is 4.90. The summed E-state index contributed by atoms with van der Waals surface area (Å²) >= 11 is 0. The Morgan fingerprint density at radius 2 is 0.960 bits per heavy atom. The molecular weight excluding hydrogens is 308 g/mol. The molecule has 25 heavy (non-hydrogen) atoms. The van der Waals surface area contributed by atoms with Crippen LogP contribution in [0.3, 0.4) is 0 Å². The molecule has 0 bridgehead atoms. The number of unbranched alkanes of at least 4 members (excludes halogenated alkanes) is 13. The molecule has 0 unspecified atom stereocenters. The SMILES string of the molecule is CCCCCCCCCCCCCCCCC(=O)CCCOCCC. The average Bonchev–Trinajstić information content (AvgIpc) is 2.62. The molecule has 0 atom stereocenters. The van der Waals surface area contributed by atoms with Crippen LogP contribution in [0.4, 0.5) is 0 Å². The second-order valence-electron chi connectivity index (χ2n) is 7.60. The zero-order chi connectivity index (χ0) is 18.4. The third-order valence-electron chi connectivity index (χ3n) is 4.90. The molecule has 0 aromatic carbocycles. The van der Waals surface area contributed by atoms with Crippen molar-refractivity contribution in [2.75, 3.05) is 13.2 Å². The lowest BCUT2D eigenvalue weighted by molar-refractivity contribution is -0.119. The second-order valence-corrected chi connectivity index (χ2v) is 7.60. The van der Waals surface area contributed by atoms with Crippen molar-refractivity contribution in [3.05, 3.63) is 0 Å². The summed E-state index contributed by atoms with van der Waals surface area (Å²) < 4.78 is 5.41. The van der Waals surface area contributed by atoms with Crippen molar-refractivity contribution in [3.8, 4) is 0 Å². The molecule has 0 radical (unpaired) electrons. The van der Waals surface area contributed by atoms with E-state index in [1.807, 2.05) is 0 Å². The lowest BCUT2D eigenvalue weighted by atomic mass is 10.0. The molecule has 2 heteroatoms. The Morgan fingerprint density at radius 3 is 1.44 bits per heavy atom. The number of carbonyl (C=O) groups is 1. The molecule has 0 saturated carbocycles. The molecule has 2 nitrogen and oxygen atoms in total. The molecule has 0 amide bonds. The van der Waals surface area contributed by atoms with E-state index in [1.54, 1.807) is 0 Å². The van der Waals surface area contributed by atoms with Gasteiger partial charge in [0.15, 0.2) is 0 Å². The van der Waals surface area contributed by atoms with Gasteiger partial charge in [0.2, 0.25) is 0 Å². The predicted molar refractivity (Wildman–Crippen MR) is 110 cm³/mol. The summed E-state index contributed by atoms with van der Waals surface area (Å²) in [6, 6.07) is 0. The van der Waals surface area contributed by atoms with Crippen molar-refractivity contribution in [2.45, 2.75) is 129 Å². The van der Waals surface area contributed by atoms with Crippen molar-refractivity contribution in [3.63, 3.8) is 0 Å².